The molecule has 108 valence electrons. The standard InChI is InChI=1S/C12H17N5O2S/c1-17(2)20(18,19)10-3-4-11(13)12(5-10)15-7-9-6-14-8-16-9/h3-6,8,15H,7,13H2,1-2H3,(H,14,16). The van der Waals surface area contributed by atoms with E-state index in [2.05, 4.69) is 15.3 Å². The van der Waals surface area contributed by atoms with Crippen LogP contribution in [-0.2, 0) is 16.6 Å². The average Bonchev–Trinajstić information content (AvgIpc) is 2.90. The van der Waals surface area contributed by atoms with Gasteiger partial charge in [0, 0.05) is 20.3 Å². The molecule has 0 radical (unpaired) electrons. The largest absolute Gasteiger partial charge is 0.397 e. The maximum atomic E-state index is 12.1. The second kappa shape index (κ2) is 5.51. The molecule has 1 aromatic carbocycles. The fraction of sp³-hybridized carbons (Fsp3) is 0.250. The number of benzene rings is 1. The Kier molecular flexibility index (Phi) is 3.96. The van der Waals surface area contributed by atoms with Gasteiger partial charge in [-0.3, -0.25) is 0 Å². The first kappa shape index (κ1) is 14.4. The van der Waals surface area contributed by atoms with Crippen LogP contribution in [0.2, 0.25) is 0 Å². The fourth-order valence-corrected chi connectivity index (χ4v) is 2.56. The van der Waals surface area contributed by atoms with Gasteiger partial charge in [0.05, 0.1) is 34.8 Å². The summed E-state index contributed by atoms with van der Waals surface area (Å²) in [6.45, 7) is 0.482. The summed E-state index contributed by atoms with van der Waals surface area (Å²) in [7, 11) is -0.492. The Hall–Kier alpha value is -2.06. The van der Waals surface area contributed by atoms with Crippen LogP contribution in [0.15, 0.2) is 35.6 Å². The van der Waals surface area contributed by atoms with Crippen LogP contribution in [0.3, 0.4) is 0 Å². The van der Waals surface area contributed by atoms with Gasteiger partial charge in [0.25, 0.3) is 0 Å². The van der Waals surface area contributed by atoms with Crippen LogP contribution >= 0.6 is 0 Å². The number of anilines is 2. The Morgan fingerprint density at radius 2 is 2.15 bits per heavy atom. The number of hydrogen-bond acceptors (Lipinski definition) is 5. The third-order valence-electron chi connectivity index (χ3n) is 2.83. The number of imidazole rings is 1. The number of aromatic amines is 1. The van der Waals surface area contributed by atoms with Crippen molar-refractivity contribution in [1.82, 2.24) is 14.3 Å². The maximum absolute atomic E-state index is 12.1. The molecule has 2 aromatic rings. The highest BCUT2D eigenvalue weighted by Gasteiger charge is 2.18. The molecule has 20 heavy (non-hydrogen) atoms. The van der Waals surface area contributed by atoms with Crippen LogP contribution < -0.4 is 11.1 Å². The molecule has 0 amide bonds. The fourth-order valence-electron chi connectivity index (χ4n) is 1.63. The predicted molar refractivity (Wildman–Crippen MR) is 77.6 cm³/mol. The summed E-state index contributed by atoms with van der Waals surface area (Å²) in [5.74, 6) is 0. The molecule has 0 saturated carbocycles. The Bertz CT molecular complexity index is 680. The first-order valence-corrected chi connectivity index (χ1v) is 7.38. The second-order valence-electron chi connectivity index (χ2n) is 4.47. The van der Waals surface area contributed by atoms with Crippen LogP contribution in [0, 0.1) is 0 Å². The molecule has 1 heterocycles. The van der Waals surface area contributed by atoms with Crippen molar-refractivity contribution >= 4 is 21.4 Å². The highest BCUT2D eigenvalue weighted by atomic mass is 32.2. The summed E-state index contributed by atoms with van der Waals surface area (Å²) < 4.78 is 25.3. The van der Waals surface area contributed by atoms with E-state index in [1.165, 1.54) is 26.2 Å². The third-order valence-corrected chi connectivity index (χ3v) is 4.64. The summed E-state index contributed by atoms with van der Waals surface area (Å²) in [5.41, 5.74) is 7.79. The summed E-state index contributed by atoms with van der Waals surface area (Å²) in [6, 6.07) is 4.60. The number of H-pyrrole nitrogens is 1. The summed E-state index contributed by atoms with van der Waals surface area (Å²) in [6.07, 6.45) is 3.26. The number of aromatic nitrogens is 2. The first-order valence-electron chi connectivity index (χ1n) is 5.94. The van der Waals surface area contributed by atoms with E-state index in [-0.39, 0.29) is 4.90 Å². The second-order valence-corrected chi connectivity index (χ2v) is 6.62. The molecule has 0 saturated heterocycles. The Morgan fingerprint density at radius 3 is 2.75 bits per heavy atom. The third kappa shape index (κ3) is 2.91. The number of sulfonamides is 1. The SMILES string of the molecule is CN(C)S(=O)(=O)c1ccc(N)c(NCc2cnc[nH]2)c1. The van der Waals surface area contributed by atoms with Crippen molar-refractivity contribution in [1.29, 1.82) is 0 Å². The lowest BCUT2D eigenvalue weighted by Crippen LogP contribution is -2.22. The van der Waals surface area contributed by atoms with E-state index in [0.29, 0.717) is 17.9 Å². The molecular weight excluding hydrogens is 278 g/mol. The van der Waals surface area contributed by atoms with Crippen LogP contribution in [0.1, 0.15) is 5.69 Å². The maximum Gasteiger partial charge on any atom is 0.242 e. The van der Waals surface area contributed by atoms with Crippen molar-refractivity contribution in [3.63, 3.8) is 0 Å². The van der Waals surface area contributed by atoms with Crippen molar-refractivity contribution in [3.05, 3.63) is 36.4 Å². The number of nitrogens with one attached hydrogen (secondary N) is 2. The zero-order valence-corrected chi connectivity index (χ0v) is 12.1. The summed E-state index contributed by atoms with van der Waals surface area (Å²) in [4.78, 5) is 7.05. The van der Waals surface area contributed by atoms with E-state index >= 15 is 0 Å². The molecule has 8 heteroatoms. The molecule has 0 bridgehead atoms. The van der Waals surface area contributed by atoms with Crippen molar-refractivity contribution in [3.8, 4) is 0 Å². The van der Waals surface area contributed by atoms with Gasteiger partial charge in [-0.05, 0) is 18.2 Å². The Balaban J connectivity index is 2.25. The van der Waals surface area contributed by atoms with Crippen molar-refractivity contribution < 1.29 is 8.42 Å². The van der Waals surface area contributed by atoms with E-state index in [4.69, 9.17) is 5.73 Å². The van der Waals surface area contributed by atoms with Crippen LogP contribution in [0.5, 0.6) is 0 Å². The molecule has 0 spiro atoms. The average molecular weight is 295 g/mol. The lowest BCUT2D eigenvalue weighted by molar-refractivity contribution is 0.521. The number of rotatable bonds is 5. The van der Waals surface area contributed by atoms with Gasteiger partial charge >= 0.3 is 0 Å². The molecule has 1 aromatic heterocycles. The zero-order chi connectivity index (χ0) is 14.8. The van der Waals surface area contributed by atoms with Gasteiger partial charge in [-0.1, -0.05) is 0 Å². The van der Waals surface area contributed by atoms with E-state index < -0.39 is 10.0 Å². The number of hydrogen-bond donors (Lipinski definition) is 3. The molecule has 0 atom stereocenters. The zero-order valence-electron chi connectivity index (χ0n) is 11.3. The van der Waals surface area contributed by atoms with E-state index in [9.17, 15) is 8.42 Å². The van der Waals surface area contributed by atoms with E-state index in [0.717, 1.165) is 10.00 Å². The molecule has 0 unspecified atom stereocenters. The molecule has 0 aliphatic rings. The monoisotopic (exact) mass is 295 g/mol. The normalized spacial score (nSPS) is 11.8. The number of nitrogen functional groups attached to an aromatic ring is 1. The minimum absolute atomic E-state index is 0.198. The highest BCUT2D eigenvalue weighted by molar-refractivity contribution is 7.89. The lowest BCUT2D eigenvalue weighted by atomic mass is 10.2. The van der Waals surface area contributed by atoms with Gasteiger partial charge in [0.15, 0.2) is 0 Å². The van der Waals surface area contributed by atoms with Gasteiger partial charge in [-0.15, -0.1) is 0 Å². The molecule has 2 rings (SSSR count). The van der Waals surface area contributed by atoms with Crippen LogP contribution in [-0.4, -0.2) is 36.8 Å². The van der Waals surface area contributed by atoms with Gasteiger partial charge in [-0.25, -0.2) is 17.7 Å². The molecule has 0 aliphatic carbocycles. The topological polar surface area (TPSA) is 104 Å². The molecule has 0 aliphatic heterocycles. The van der Waals surface area contributed by atoms with Gasteiger partial charge < -0.3 is 16.0 Å². The van der Waals surface area contributed by atoms with E-state index in [1.54, 1.807) is 18.6 Å². The Morgan fingerprint density at radius 1 is 1.40 bits per heavy atom. The molecular formula is C12H17N5O2S. The van der Waals surface area contributed by atoms with Crippen molar-refractivity contribution in [2.75, 3.05) is 25.1 Å². The smallest absolute Gasteiger partial charge is 0.242 e. The quantitative estimate of drug-likeness (QED) is 0.710. The summed E-state index contributed by atoms with van der Waals surface area (Å²) in [5, 5.41) is 3.09. The van der Waals surface area contributed by atoms with Crippen molar-refractivity contribution in [2.45, 2.75) is 11.4 Å². The minimum atomic E-state index is -3.47. The first-order chi connectivity index (χ1) is 9.41. The van der Waals surface area contributed by atoms with Crippen LogP contribution in [0.25, 0.3) is 0 Å². The number of nitrogens with two attached hydrogens (primary N) is 1. The molecule has 7 nitrogen and oxygen atoms in total. The van der Waals surface area contributed by atoms with Crippen molar-refractivity contribution in [2.24, 2.45) is 0 Å². The van der Waals surface area contributed by atoms with E-state index in [1.807, 2.05) is 0 Å². The minimum Gasteiger partial charge on any atom is -0.397 e. The van der Waals surface area contributed by atoms with Gasteiger partial charge in [-0.2, -0.15) is 0 Å². The Labute approximate surface area is 117 Å². The van der Waals surface area contributed by atoms with Gasteiger partial charge in [0.1, 0.15) is 0 Å². The van der Waals surface area contributed by atoms with Crippen LogP contribution in [0.4, 0.5) is 11.4 Å². The lowest BCUT2D eigenvalue weighted by Gasteiger charge is -2.14. The van der Waals surface area contributed by atoms with Gasteiger partial charge in [0.2, 0.25) is 10.0 Å². The highest BCUT2D eigenvalue weighted by Crippen LogP contribution is 2.24. The summed E-state index contributed by atoms with van der Waals surface area (Å²) >= 11 is 0. The molecule has 4 N–H and O–H groups in total. The predicted octanol–water partition coefficient (Wildman–Crippen LogP) is 0.854. The molecule has 0 fully saturated rings. The number of nitrogens with zero attached hydrogens (tertiary/aromatic N) is 2.